The Hall–Kier alpha value is -2.46. The van der Waals surface area contributed by atoms with Gasteiger partial charge in [-0.25, -0.2) is 13.2 Å². The highest BCUT2D eigenvalue weighted by Gasteiger charge is 2.12. The first-order chi connectivity index (χ1) is 12.6. The number of sulfone groups is 1. The zero-order valence-electron chi connectivity index (χ0n) is 14.0. The highest BCUT2D eigenvalue weighted by Crippen LogP contribution is 2.25. The molecule has 0 radical (unpaired) electrons. The summed E-state index contributed by atoms with van der Waals surface area (Å²) in [6.45, 7) is -0.555. The molecule has 0 aliphatic heterocycles. The van der Waals surface area contributed by atoms with Gasteiger partial charge in [-0.2, -0.15) is 8.78 Å². The summed E-state index contributed by atoms with van der Waals surface area (Å²) >= 11 is 0.354. The summed E-state index contributed by atoms with van der Waals surface area (Å²) < 4.78 is 52.1. The summed E-state index contributed by atoms with van der Waals surface area (Å²) in [6.07, 6.45) is 1.07. The minimum Gasteiger partial charge on any atom is -0.452 e. The SMILES string of the molecule is CS(=O)(=O)c1ccc(NC(=O)COC(=O)c2ccc(SC(F)F)cc2)cc1. The predicted molar refractivity (Wildman–Crippen MR) is 96.8 cm³/mol. The summed E-state index contributed by atoms with van der Waals surface area (Å²) in [5.74, 6) is -3.94. The third kappa shape index (κ3) is 6.65. The lowest BCUT2D eigenvalue weighted by Crippen LogP contribution is -2.20. The molecule has 1 N–H and O–H groups in total. The van der Waals surface area contributed by atoms with E-state index in [0.717, 1.165) is 6.26 Å². The molecular formula is C17H15F2NO5S2. The van der Waals surface area contributed by atoms with Gasteiger partial charge in [0.1, 0.15) is 0 Å². The Kier molecular flexibility index (Phi) is 6.92. The average molecular weight is 415 g/mol. The van der Waals surface area contributed by atoms with Gasteiger partial charge in [-0.15, -0.1) is 0 Å². The van der Waals surface area contributed by atoms with Crippen molar-refractivity contribution in [2.45, 2.75) is 15.5 Å². The molecule has 0 bridgehead atoms. The van der Waals surface area contributed by atoms with E-state index in [-0.39, 0.29) is 10.5 Å². The molecule has 10 heteroatoms. The lowest BCUT2D eigenvalue weighted by molar-refractivity contribution is -0.119. The van der Waals surface area contributed by atoms with Crippen LogP contribution in [0.5, 0.6) is 0 Å². The van der Waals surface area contributed by atoms with Gasteiger partial charge in [0.2, 0.25) is 0 Å². The van der Waals surface area contributed by atoms with E-state index >= 15 is 0 Å². The molecule has 0 fully saturated rings. The van der Waals surface area contributed by atoms with Crippen molar-refractivity contribution in [3.63, 3.8) is 0 Å². The van der Waals surface area contributed by atoms with Crippen LogP contribution in [0.4, 0.5) is 14.5 Å². The van der Waals surface area contributed by atoms with Gasteiger partial charge in [0.25, 0.3) is 11.7 Å². The summed E-state index contributed by atoms with van der Waals surface area (Å²) in [4.78, 5) is 24.1. The Balaban J connectivity index is 1.86. The monoisotopic (exact) mass is 415 g/mol. The van der Waals surface area contributed by atoms with Gasteiger partial charge in [0.05, 0.1) is 10.5 Å². The minimum absolute atomic E-state index is 0.111. The van der Waals surface area contributed by atoms with Crippen LogP contribution in [0.15, 0.2) is 58.3 Å². The first kappa shape index (κ1) is 20.8. The van der Waals surface area contributed by atoms with Crippen molar-refractivity contribution in [1.82, 2.24) is 0 Å². The van der Waals surface area contributed by atoms with Crippen molar-refractivity contribution in [1.29, 1.82) is 0 Å². The lowest BCUT2D eigenvalue weighted by Gasteiger charge is -2.08. The quantitative estimate of drug-likeness (QED) is 0.552. The molecule has 0 spiro atoms. The predicted octanol–water partition coefficient (Wildman–Crippen LogP) is 3.20. The molecule has 0 atom stereocenters. The Labute approximate surface area is 158 Å². The molecule has 2 aromatic carbocycles. The number of alkyl halides is 2. The van der Waals surface area contributed by atoms with E-state index in [1.807, 2.05) is 0 Å². The van der Waals surface area contributed by atoms with E-state index in [9.17, 15) is 26.8 Å². The van der Waals surface area contributed by atoms with E-state index in [1.165, 1.54) is 48.5 Å². The van der Waals surface area contributed by atoms with E-state index < -0.39 is 34.1 Å². The van der Waals surface area contributed by atoms with Crippen molar-refractivity contribution in [3.05, 3.63) is 54.1 Å². The van der Waals surface area contributed by atoms with Crippen LogP contribution in [-0.2, 0) is 19.4 Å². The molecule has 0 aromatic heterocycles. The summed E-state index contributed by atoms with van der Waals surface area (Å²) in [7, 11) is -3.34. The molecule has 2 rings (SSSR count). The number of benzene rings is 2. The average Bonchev–Trinajstić information content (AvgIpc) is 2.59. The van der Waals surface area contributed by atoms with Crippen LogP contribution in [0.2, 0.25) is 0 Å². The van der Waals surface area contributed by atoms with Gasteiger partial charge in [-0.05, 0) is 48.5 Å². The number of carbonyl (C=O) groups is 2. The highest BCUT2D eigenvalue weighted by atomic mass is 32.2. The second kappa shape index (κ2) is 8.96. The molecule has 0 aliphatic rings. The molecule has 0 heterocycles. The molecule has 0 saturated carbocycles. The third-order valence-electron chi connectivity index (χ3n) is 3.22. The molecular weight excluding hydrogens is 400 g/mol. The maximum atomic E-state index is 12.2. The van der Waals surface area contributed by atoms with Gasteiger partial charge in [-0.3, -0.25) is 4.79 Å². The lowest BCUT2D eigenvalue weighted by atomic mass is 10.2. The van der Waals surface area contributed by atoms with E-state index in [0.29, 0.717) is 22.3 Å². The van der Waals surface area contributed by atoms with Gasteiger partial charge < -0.3 is 10.1 Å². The van der Waals surface area contributed by atoms with E-state index in [2.05, 4.69) is 5.32 Å². The van der Waals surface area contributed by atoms with Gasteiger partial charge >= 0.3 is 5.97 Å². The number of esters is 1. The number of anilines is 1. The summed E-state index contributed by atoms with van der Waals surface area (Å²) in [5.41, 5.74) is 0.468. The number of ether oxygens (including phenoxy) is 1. The summed E-state index contributed by atoms with van der Waals surface area (Å²) in [5, 5.41) is 2.46. The number of amides is 1. The zero-order valence-corrected chi connectivity index (χ0v) is 15.6. The first-order valence-electron chi connectivity index (χ1n) is 7.47. The highest BCUT2D eigenvalue weighted by molar-refractivity contribution is 7.99. The fourth-order valence-electron chi connectivity index (χ4n) is 1.97. The van der Waals surface area contributed by atoms with Crippen LogP contribution in [0.1, 0.15) is 10.4 Å². The van der Waals surface area contributed by atoms with E-state index in [1.54, 1.807) is 0 Å². The first-order valence-corrected chi connectivity index (χ1v) is 10.2. The Morgan fingerprint density at radius 1 is 1.07 bits per heavy atom. The third-order valence-corrected chi connectivity index (χ3v) is 5.07. The molecule has 0 unspecified atom stereocenters. The van der Waals surface area contributed by atoms with Crippen LogP contribution < -0.4 is 5.32 Å². The molecule has 0 saturated heterocycles. The summed E-state index contributed by atoms with van der Waals surface area (Å²) in [6, 6.07) is 10.9. The zero-order chi connectivity index (χ0) is 20.0. The van der Waals surface area contributed by atoms with Crippen LogP contribution in [0.3, 0.4) is 0 Å². The van der Waals surface area contributed by atoms with E-state index in [4.69, 9.17) is 4.74 Å². The normalized spacial score (nSPS) is 11.3. The van der Waals surface area contributed by atoms with Crippen molar-refractivity contribution in [2.75, 3.05) is 18.2 Å². The van der Waals surface area contributed by atoms with Crippen molar-refractivity contribution < 1.29 is 31.5 Å². The molecule has 0 aliphatic carbocycles. The van der Waals surface area contributed by atoms with Crippen LogP contribution in [0.25, 0.3) is 0 Å². The number of thioether (sulfide) groups is 1. The molecule has 27 heavy (non-hydrogen) atoms. The second-order valence-corrected chi connectivity index (χ2v) is 8.40. The maximum absolute atomic E-state index is 12.2. The fraction of sp³-hybridized carbons (Fsp3) is 0.176. The van der Waals surface area contributed by atoms with Crippen LogP contribution >= 0.6 is 11.8 Å². The largest absolute Gasteiger partial charge is 0.452 e. The van der Waals surface area contributed by atoms with Crippen molar-refractivity contribution in [2.24, 2.45) is 0 Å². The Bertz CT molecular complexity index is 913. The number of hydrogen-bond acceptors (Lipinski definition) is 6. The maximum Gasteiger partial charge on any atom is 0.338 e. The molecule has 2 aromatic rings. The smallest absolute Gasteiger partial charge is 0.338 e. The number of hydrogen-bond donors (Lipinski definition) is 1. The fourth-order valence-corrected chi connectivity index (χ4v) is 3.10. The number of carbonyl (C=O) groups excluding carboxylic acids is 2. The Morgan fingerprint density at radius 3 is 2.19 bits per heavy atom. The standard InChI is InChI=1S/C17H15F2NO5S2/c1-27(23,24)14-8-4-12(5-9-14)20-15(21)10-25-16(22)11-2-6-13(7-3-11)26-17(18)19/h2-9,17H,10H2,1H3,(H,20,21). The van der Waals surface area contributed by atoms with Gasteiger partial charge in [0, 0.05) is 16.8 Å². The molecule has 6 nitrogen and oxygen atoms in total. The number of nitrogens with one attached hydrogen (secondary N) is 1. The number of rotatable bonds is 7. The second-order valence-electron chi connectivity index (χ2n) is 5.32. The molecule has 1 amide bonds. The topological polar surface area (TPSA) is 89.5 Å². The van der Waals surface area contributed by atoms with Crippen LogP contribution in [-0.4, -0.2) is 38.9 Å². The number of halogens is 2. The Morgan fingerprint density at radius 2 is 1.67 bits per heavy atom. The van der Waals surface area contributed by atoms with Gasteiger partial charge in [0.15, 0.2) is 16.4 Å². The molecule has 144 valence electrons. The van der Waals surface area contributed by atoms with Crippen molar-refractivity contribution in [3.8, 4) is 0 Å². The van der Waals surface area contributed by atoms with Gasteiger partial charge in [-0.1, -0.05) is 11.8 Å². The minimum atomic E-state index is -3.34. The van der Waals surface area contributed by atoms with Crippen molar-refractivity contribution >= 4 is 39.2 Å². The van der Waals surface area contributed by atoms with Crippen LogP contribution in [0, 0.1) is 0 Å².